The van der Waals surface area contributed by atoms with Crippen LogP contribution in [0.4, 0.5) is 0 Å². The van der Waals surface area contributed by atoms with E-state index in [9.17, 15) is 14.4 Å². The van der Waals surface area contributed by atoms with Gasteiger partial charge in [-0.1, -0.05) is 0 Å². The Bertz CT molecular complexity index is 336. The molecule has 0 bridgehead atoms. The maximum atomic E-state index is 11.8. The van der Waals surface area contributed by atoms with Gasteiger partial charge < -0.3 is 20.8 Å². The van der Waals surface area contributed by atoms with E-state index in [4.69, 9.17) is 15.9 Å². The summed E-state index contributed by atoms with van der Waals surface area (Å²) in [5.41, 5.74) is 5.62. The number of amides is 1. The van der Waals surface area contributed by atoms with Gasteiger partial charge in [-0.25, -0.2) is 0 Å². The van der Waals surface area contributed by atoms with Crippen molar-refractivity contribution in [2.24, 2.45) is 11.7 Å². The highest BCUT2D eigenvalue weighted by Crippen LogP contribution is 2.18. The highest BCUT2D eigenvalue weighted by atomic mass is 16.4. The van der Waals surface area contributed by atoms with Crippen LogP contribution in [0.3, 0.4) is 0 Å². The number of carbonyl (C=O) groups is 3. The average Bonchev–Trinajstić information content (AvgIpc) is 2.35. The average molecular weight is 258 g/mol. The van der Waals surface area contributed by atoms with Gasteiger partial charge in [0.25, 0.3) is 0 Å². The summed E-state index contributed by atoms with van der Waals surface area (Å²) >= 11 is 0. The third-order valence-corrected chi connectivity index (χ3v) is 3.14. The SMILES string of the molecule is NC(CCC(=O)O)C(=O)N1CCC(C(=O)O)CC1. The Labute approximate surface area is 105 Å². The minimum atomic E-state index is -0.983. The number of piperidine rings is 1. The summed E-state index contributed by atoms with van der Waals surface area (Å²) in [5, 5.41) is 17.3. The highest BCUT2D eigenvalue weighted by Gasteiger charge is 2.29. The van der Waals surface area contributed by atoms with E-state index >= 15 is 0 Å². The van der Waals surface area contributed by atoms with E-state index in [-0.39, 0.29) is 18.7 Å². The Morgan fingerprint density at radius 2 is 1.78 bits per heavy atom. The Hall–Kier alpha value is -1.63. The number of carboxylic acid groups (broad SMARTS) is 2. The van der Waals surface area contributed by atoms with E-state index in [1.807, 2.05) is 0 Å². The molecule has 0 aromatic heterocycles. The Balaban J connectivity index is 2.39. The number of aliphatic carboxylic acids is 2. The minimum absolute atomic E-state index is 0.104. The first-order chi connectivity index (χ1) is 8.41. The van der Waals surface area contributed by atoms with Crippen molar-refractivity contribution >= 4 is 17.8 Å². The number of hydrogen-bond acceptors (Lipinski definition) is 4. The van der Waals surface area contributed by atoms with Crippen molar-refractivity contribution in [2.45, 2.75) is 31.7 Å². The topological polar surface area (TPSA) is 121 Å². The van der Waals surface area contributed by atoms with E-state index in [2.05, 4.69) is 0 Å². The summed E-state index contributed by atoms with van der Waals surface area (Å²) in [6.45, 7) is 0.743. The zero-order valence-corrected chi connectivity index (χ0v) is 10.0. The molecule has 0 saturated carbocycles. The number of carbonyl (C=O) groups excluding carboxylic acids is 1. The van der Waals surface area contributed by atoms with Gasteiger partial charge in [0.1, 0.15) is 0 Å². The molecule has 18 heavy (non-hydrogen) atoms. The van der Waals surface area contributed by atoms with Gasteiger partial charge in [-0.05, 0) is 19.3 Å². The van der Waals surface area contributed by atoms with Crippen LogP contribution < -0.4 is 5.73 Å². The molecule has 7 nitrogen and oxygen atoms in total. The molecule has 1 fully saturated rings. The fourth-order valence-corrected chi connectivity index (χ4v) is 1.98. The molecule has 0 spiro atoms. The molecule has 1 atom stereocenters. The van der Waals surface area contributed by atoms with Crippen molar-refractivity contribution in [1.29, 1.82) is 0 Å². The molecule has 102 valence electrons. The van der Waals surface area contributed by atoms with Gasteiger partial charge in [-0.3, -0.25) is 14.4 Å². The highest BCUT2D eigenvalue weighted by molar-refractivity contribution is 5.82. The van der Waals surface area contributed by atoms with Crippen LogP contribution >= 0.6 is 0 Å². The molecule has 1 heterocycles. The quantitative estimate of drug-likeness (QED) is 0.611. The Morgan fingerprint density at radius 1 is 1.22 bits per heavy atom. The molecule has 4 N–H and O–H groups in total. The predicted octanol–water partition coefficient (Wildman–Crippen LogP) is -0.498. The summed E-state index contributed by atoms with van der Waals surface area (Å²) in [5.74, 6) is -2.51. The fourth-order valence-electron chi connectivity index (χ4n) is 1.98. The van der Waals surface area contributed by atoms with Crippen LogP contribution in [-0.4, -0.2) is 52.1 Å². The van der Waals surface area contributed by atoms with Gasteiger partial charge in [0.05, 0.1) is 12.0 Å². The molecule has 0 aliphatic carbocycles. The van der Waals surface area contributed by atoms with Gasteiger partial charge >= 0.3 is 11.9 Å². The van der Waals surface area contributed by atoms with Gasteiger partial charge in [-0.2, -0.15) is 0 Å². The second kappa shape index (κ2) is 6.34. The van der Waals surface area contributed by atoms with E-state index in [1.54, 1.807) is 0 Å². The molecule has 0 aromatic rings. The van der Waals surface area contributed by atoms with E-state index in [0.29, 0.717) is 25.9 Å². The molecule has 1 aliphatic heterocycles. The lowest BCUT2D eigenvalue weighted by Crippen LogP contribution is -2.48. The van der Waals surface area contributed by atoms with Crippen molar-refractivity contribution in [2.75, 3.05) is 13.1 Å². The van der Waals surface area contributed by atoms with E-state index in [0.717, 1.165) is 0 Å². The molecule has 1 aliphatic rings. The van der Waals surface area contributed by atoms with Crippen LogP contribution in [0.1, 0.15) is 25.7 Å². The second-order valence-corrected chi connectivity index (χ2v) is 4.48. The zero-order valence-electron chi connectivity index (χ0n) is 10.0. The minimum Gasteiger partial charge on any atom is -0.481 e. The molecular weight excluding hydrogens is 240 g/mol. The van der Waals surface area contributed by atoms with Crippen LogP contribution in [0.2, 0.25) is 0 Å². The molecule has 0 aromatic carbocycles. The zero-order chi connectivity index (χ0) is 13.7. The number of nitrogens with zero attached hydrogens (tertiary/aromatic N) is 1. The third-order valence-electron chi connectivity index (χ3n) is 3.14. The summed E-state index contributed by atoms with van der Waals surface area (Å²) in [6.07, 6.45) is 0.810. The molecule has 1 rings (SSSR count). The maximum absolute atomic E-state index is 11.8. The number of hydrogen-bond donors (Lipinski definition) is 3. The number of nitrogens with two attached hydrogens (primary N) is 1. The Morgan fingerprint density at radius 3 is 2.22 bits per heavy atom. The first kappa shape index (κ1) is 14.4. The molecule has 7 heteroatoms. The number of carboxylic acids is 2. The van der Waals surface area contributed by atoms with E-state index < -0.39 is 23.9 Å². The summed E-state index contributed by atoms with van der Waals surface area (Å²) in [6, 6.07) is -0.817. The summed E-state index contributed by atoms with van der Waals surface area (Å²) in [7, 11) is 0. The second-order valence-electron chi connectivity index (χ2n) is 4.48. The first-order valence-corrected chi connectivity index (χ1v) is 5.90. The molecular formula is C11H18N2O5. The number of rotatable bonds is 5. The summed E-state index contributed by atoms with van der Waals surface area (Å²) < 4.78 is 0. The standard InChI is InChI=1S/C11H18N2O5/c12-8(1-2-9(14)15)10(16)13-5-3-7(4-6-13)11(17)18/h7-8H,1-6,12H2,(H,14,15)(H,17,18). The largest absolute Gasteiger partial charge is 0.481 e. The maximum Gasteiger partial charge on any atom is 0.306 e. The lowest BCUT2D eigenvalue weighted by atomic mass is 9.96. The Kier molecular flexibility index (Phi) is 5.08. The van der Waals surface area contributed by atoms with Crippen LogP contribution in [0.5, 0.6) is 0 Å². The van der Waals surface area contributed by atoms with Crippen molar-refractivity contribution < 1.29 is 24.6 Å². The van der Waals surface area contributed by atoms with Crippen LogP contribution in [-0.2, 0) is 14.4 Å². The first-order valence-electron chi connectivity index (χ1n) is 5.90. The molecule has 0 radical (unpaired) electrons. The van der Waals surface area contributed by atoms with Gasteiger partial charge in [0.2, 0.25) is 5.91 Å². The lowest BCUT2D eigenvalue weighted by molar-refractivity contribution is -0.146. The van der Waals surface area contributed by atoms with Crippen molar-refractivity contribution in [3.8, 4) is 0 Å². The molecule has 1 saturated heterocycles. The summed E-state index contributed by atoms with van der Waals surface area (Å²) in [4.78, 5) is 34.5. The number of likely N-dealkylation sites (tertiary alicyclic amines) is 1. The van der Waals surface area contributed by atoms with Gasteiger partial charge in [-0.15, -0.1) is 0 Å². The predicted molar refractivity (Wildman–Crippen MR) is 61.8 cm³/mol. The normalized spacial score (nSPS) is 18.4. The fraction of sp³-hybridized carbons (Fsp3) is 0.727. The lowest BCUT2D eigenvalue weighted by Gasteiger charge is -2.31. The van der Waals surface area contributed by atoms with Crippen molar-refractivity contribution in [3.63, 3.8) is 0 Å². The van der Waals surface area contributed by atoms with Crippen LogP contribution in [0.25, 0.3) is 0 Å². The van der Waals surface area contributed by atoms with Gasteiger partial charge in [0.15, 0.2) is 0 Å². The third kappa shape index (κ3) is 3.99. The van der Waals surface area contributed by atoms with Crippen LogP contribution in [0, 0.1) is 5.92 Å². The van der Waals surface area contributed by atoms with E-state index in [1.165, 1.54) is 4.90 Å². The van der Waals surface area contributed by atoms with Crippen LogP contribution in [0.15, 0.2) is 0 Å². The smallest absolute Gasteiger partial charge is 0.306 e. The molecule has 1 unspecified atom stereocenters. The molecule has 1 amide bonds. The monoisotopic (exact) mass is 258 g/mol. The van der Waals surface area contributed by atoms with Crippen molar-refractivity contribution in [1.82, 2.24) is 4.90 Å². The van der Waals surface area contributed by atoms with Crippen molar-refractivity contribution in [3.05, 3.63) is 0 Å². The van der Waals surface area contributed by atoms with Gasteiger partial charge in [0, 0.05) is 19.5 Å².